The van der Waals surface area contributed by atoms with E-state index in [0.717, 1.165) is 22.0 Å². The third kappa shape index (κ3) is 3.33. The number of hydrogen-bond donors (Lipinski definition) is 1. The van der Waals surface area contributed by atoms with Crippen LogP contribution < -0.4 is 5.32 Å². The summed E-state index contributed by atoms with van der Waals surface area (Å²) in [6.45, 7) is 1.49. The van der Waals surface area contributed by atoms with E-state index in [1.54, 1.807) is 0 Å². The predicted molar refractivity (Wildman–Crippen MR) is 91.1 cm³/mol. The van der Waals surface area contributed by atoms with E-state index in [2.05, 4.69) is 50.5 Å². The summed E-state index contributed by atoms with van der Waals surface area (Å²) in [6.07, 6.45) is 3.68. The van der Waals surface area contributed by atoms with Gasteiger partial charge in [-0.3, -0.25) is 4.98 Å². The highest BCUT2D eigenvalue weighted by Crippen LogP contribution is 2.18. The van der Waals surface area contributed by atoms with Crippen LogP contribution in [0.2, 0.25) is 0 Å². The zero-order valence-electron chi connectivity index (χ0n) is 11.9. The Balaban J connectivity index is 1.68. The third-order valence-corrected chi connectivity index (χ3v) is 4.30. The SMILES string of the molecule is N#Cc1ccc(Br)c(CNCc2ccc3cnccc3c2)c1. The zero-order chi connectivity index (χ0) is 15.4. The van der Waals surface area contributed by atoms with Crippen molar-refractivity contribution in [1.82, 2.24) is 10.3 Å². The van der Waals surface area contributed by atoms with E-state index < -0.39 is 0 Å². The van der Waals surface area contributed by atoms with Crippen molar-refractivity contribution in [2.45, 2.75) is 13.1 Å². The average Bonchev–Trinajstić information content (AvgIpc) is 2.56. The van der Waals surface area contributed by atoms with Crippen LogP contribution in [0.15, 0.2) is 59.3 Å². The van der Waals surface area contributed by atoms with E-state index in [1.165, 1.54) is 10.9 Å². The summed E-state index contributed by atoms with van der Waals surface area (Å²) in [7, 11) is 0. The van der Waals surface area contributed by atoms with Crippen molar-refractivity contribution in [3.05, 3.63) is 76.0 Å². The van der Waals surface area contributed by atoms with Gasteiger partial charge in [-0.2, -0.15) is 5.26 Å². The topological polar surface area (TPSA) is 48.7 Å². The lowest BCUT2D eigenvalue weighted by Gasteiger charge is -2.08. The summed E-state index contributed by atoms with van der Waals surface area (Å²) in [5.41, 5.74) is 2.99. The number of hydrogen-bond acceptors (Lipinski definition) is 3. The molecule has 0 unspecified atom stereocenters. The van der Waals surface area contributed by atoms with Crippen LogP contribution in [0.5, 0.6) is 0 Å². The van der Waals surface area contributed by atoms with E-state index in [1.807, 2.05) is 36.7 Å². The van der Waals surface area contributed by atoms with Crippen LogP contribution in [0.1, 0.15) is 16.7 Å². The van der Waals surface area contributed by atoms with Crippen LogP contribution >= 0.6 is 15.9 Å². The zero-order valence-corrected chi connectivity index (χ0v) is 13.5. The number of benzene rings is 2. The van der Waals surface area contributed by atoms with Gasteiger partial charge in [0.15, 0.2) is 0 Å². The summed E-state index contributed by atoms with van der Waals surface area (Å²) in [6, 6.07) is 16.2. The minimum atomic E-state index is 0.679. The standard InChI is InChI=1S/C18H14BrN3/c19-18-4-2-13(9-20)7-17(18)12-22-10-14-1-3-16-11-21-6-5-15(16)8-14/h1-8,11,22H,10,12H2. The highest BCUT2D eigenvalue weighted by Gasteiger charge is 2.02. The molecule has 0 radical (unpaired) electrons. The predicted octanol–water partition coefficient (Wildman–Crippen LogP) is 4.16. The molecule has 2 aromatic carbocycles. The Morgan fingerprint density at radius 2 is 1.95 bits per heavy atom. The second kappa shape index (κ2) is 6.69. The molecule has 0 saturated carbocycles. The van der Waals surface area contributed by atoms with Crippen LogP contribution in [0.3, 0.4) is 0 Å². The van der Waals surface area contributed by atoms with Gasteiger partial charge in [-0.05, 0) is 46.8 Å². The maximum absolute atomic E-state index is 8.97. The molecule has 1 heterocycles. The van der Waals surface area contributed by atoms with E-state index >= 15 is 0 Å². The third-order valence-electron chi connectivity index (χ3n) is 3.52. The second-order valence-electron chi connectivity index (χ2n) is 5.08. The van der Waals surface area contributed by atoms with Gasteiger partial charge < -0.3 is 5.32 Å². The fourth-order valence-corrected chi connectivity index (χ4v) is 2.75. The fourth-order valence-electron chi connectivity index (χ4n) is 2.36. The molecule has 1 aromatic heterocycles. The molecule has 0 spiro atoms. The largest absolute Gasteiger partial charge is 0.309 e. The van der Waals surface area contributed by atoms with Gasteiger partial charge in [0, 0.05) is 35.3 Å². The first kappa shape index (κ1) is 14.7. The van der Waals surface area contributed by atoms with Crippen molar-refractivity contribution >= 4 is 26.7 Å². The minimum Gasteiger partial charge on any atom is -0.309 e. The Kier molecular flexibility index (Phi) is 4.47. The van der Waals surface area contributed by atoms with Crippen LogP contribution in [-0.2, 0) is 13.1 Å². The fraction of sp³-hybridized carbons (Fsp3) is 0.111. The molecule has 0 aliphatic rings. The molecule has 3 nitrogen and oxygen atoms in total. The minimum absolute atomic E-state index is 0.679. The number of nitriles is 1. The molecule has 0 bridgehead atoms. The number of fused-ring (bicyclic) bond motifs is 1. The first-order valence-electron chi connectivity index (χ1n) is 6.98. The maximum Gasteiger partial charge on any atom is 0.0991 e. The van der Waals surface area contributed by atoms with Crippen molar-refractivity contribution in [2.75, 3.05) is 0 Å². The summed E-state index contributed by atoms with van der Waals surface area (Å²) >= 11 is 3.52. The molecular weight excluding hydrogens is 338 g/mol. The molecule has 3 rings (SSSR count). The second-order valence-corrected chi connectivity index (χ2v) is 5.93. The summed E-state index contributed by atoms with van der Waals surface area (Å²) in [5.74, 6) is 0. The van der Waals surface area contributed by atoms with Crippen molar-refractivity contribution in [3.63, 3.8) is 0 Å². The lowest BCUT2D eigenvalue weighted by atomic mass is 10.1. The molecule has 3 aromatic rings. The molecule has 0 saturated heterocycles. The van der Waals surface area contributed by atoms with Crippen LogP contribution in [0.4, 0.5) is 0 Å². The number of halogens is 1. The van der Waals surface area contributed by atoms with Gasteiger partial charge in [-0.25, -0.2) is 0 Å². The highest BCUT2D eigenvalue weighted by atomic mass is 79.9. The first-order chi connectivity index (χ1) is 10.8. The lowest BCUT2D eigenvalue weighted by molar-refractivity contribution is 0.692. The Bertz CT molecular complexity index is 852. The molecule has 0 aliphatic carbocycles. The number of aromatic nitrogens is 1. The molecule has 4 heteroatoms. The van der Waals surface area contributed by atoms with Gasteiger partial charge in [0.1, 0.15) is 0 Å². The summed E-state index contributed by atoms with van der Waals surface area (Å²) in [5, 5.41) is 14.7. The number of pyridine rings is 1. The number of nitrogens with one attached hydrogen (secondary N) is 1. The van der Waals surface area contributed by atoms with E-state index in [4.69, 9.17) is 5.26 Å². The van der Waals surface area contributed by atoms with Crippen molar-refractivity contribution < 1.29 is 0 Å². The van der Waals surface area contributed by atoms with Crippen molar-refractivity contribution in [1.29, 1.82) is 5.26 Å². The Hall–Kier alpha value is -2.22. The number of rotatable bonds is 4. The normalized spacial score (nSPS) is 10.5. The molecular formula is C18H14BrN3. The monoisotopic (exact) mass is 351 g/mol. The average molecular weight is 352 g/mol. The molecule has 0 fully saturated rings. The lowest BCUT2D eigenvalue weighted by Crippen LogP contribution is -2.13. The Labute approximate surface area is 137 Å². The summed E-state index contributed by atoms with van der Waals surface area (Å²) in [4.78, 5) is 4.12. The number of nitrogens with zero attached hydrogens (tertiary/aromatic N) is 2. The van der Waals surface area contributed by atoms with Crippen molar-refractivity contribution in [2.24, 2.45) is 0 Å². The molecule has 0 amide bonds. The van der Waals surface area contributed by atoms with Gasteiger partial charge in [-0.1, -0.05) is 28.1 Å². The molecule has 108 valence electrons. The van der Waals surface area contributed by atoms with Crippen LogP contribution in [-0.4, -0.2) is 4.98 Å². The molecule has 22 heavy (non-hydrogen) atoms. The van der Waals surface area contributed by atoms with Crippen LogP contribution in [0.25, 0.3) is 10.8 Å². The highest BCUT2D eigenvalue weighted by molar-refractivity contribution is 9.10. The van der Waals surface area contributed by atoms with Gasteiger partial charge in [0.2, 0.25) is 0 Å². The van der Waals surface area contributed by atoms with Crippen LogP contribution in [0, 0.1) is 11.3 Å². The van der Waals surface area contributed by atoms with E-state index in [0.29, 0.717) is 12.1 Å². The Morgan fingerprint density at radius 3 is 2.82 bits per heavy atom. The Morgan fingerprint density at radius 1 is 1.05 bits per heavy atom. The first-order valence-corrected chi connectivity index (χ1v) is 7.77. The van der Waals surface area contributed by atoms with E-state index in [9.17, 15) is 0 Å². The van der Waals surface area contributed by atoms with Gasteiger partial charge in [0.05, 0.1) is 11.6 Å². The van der Waals surface area contributed by atoms with E-state index in [-0.39, 0.29) is 0 Å². The maximum atomic E-state index is 8.97. The summed E-state index contributed by atoms with van der Waals surface area (Å²) < 4.78 is 1.02. The smallest absolute Gasteiger partial charge is 0.0991 e. The van der Waals surface area contributed by atoms with Crippen molar-refractivity contribution in [3.8, 4) is 6.07 Å². The van der Waals surface area contributed by atoms with Gasteiger partial charge >= 0.3 is 0 Å². The van der Waals surface area contributed by atoms with Gasteiger partial charge in [-0.15, -0.1) is 0 Å². The molecule has 1 N–H and O–H groups in total. The molecule has 0 aliphatic heterocycles. The van der Waals surface area contributed by atoms with Gasteiger partial charge in [0.25, 0.3) is 0 Å². The molecule has 0 atom stereocenters. The quantitative estimate of drug-likeness (QED) is 0.767.